The van der Waals surface area contributed by atoms with Crippen molar-refractivity contribution in [1.82, 2.24) is 0 Å². The Labute approximate surface area is 78.5 Å². The summed E-state index contributed by atoms with van der Waals surface area (Å²) < 4.78 is 4.87. The van der Waals surface area contributed by atoms with Crippen LogP contribution in [0.4, 0.5) is 5.00 Å². The van der Waals surface area contributed by atoms with Gasteiger partial charge in [0.2, 0.25) is 5.91 Å². The summed E-state index contributed by atoms with van der Waals surface area (Å²) in [6, 6.07) is 1.72. The maximum atomic E-state index is 10.9. The van der Waals surface area contributed by atoms with E-state index in [9.17, 15) is 9.59 Å². The van der Waals surface area contributed by atoms with Crippen molar-refractivity contribution in [2.24, 2.45) is 0 Å². The largest absolute Gasteiger partial charge is 0.416 e. The number of hydrogen-bond acceptors (Lipinski definition) is 4. The lowest BCUT2D eigenvalue weighted by Crippen LogP contribution is -2.04. The number of thiophene rings is 1. The van der Waals surface area contributed by atoms with Crippen LogP contribution in [0.1, 0.15) is 12.5 Å². The first-order valence-corrected chi connectivity index (χ1v) is 4.58. The number of anilines is 1. The molecule has 0 spiro atoms. The summed E-state index contributed by atoms with van der Waals surface area (Å²) >= 11 is 1.28. The van der Waals surface area contributed by atoms with Gasteiger partial charge in [-0.1, -0.05) is 11.3 Å². The zero-order chi connectivity index (χ0) is 9.42. The molecule has 0 unspecified atom stereocenters. The van der Waals surface area contributed by atoms with Crippen LogP contribution in [0.3, 0.4) is 0 Å². The van der Waals surface area contributed by atoms with Crippen LogP contribution >= 0.6 is 11.3 Å². The van der Waals surface area contributed by atoms with Gasteiger partial charge in [-0.15, -0.1) is 0 Å². The number of carbonyl (C=O) groups excluding carboxylic acids is 2. The zero-order valence-electron chi connectivity index (χ0n) is 6.92. The minimum atomic E-state index is -0.341. The van der Waals surface area contributed by atoms with E-state index in [-0.39, 0.29) is 11.9 Å². The molecule has 0 aromatic carbocycles. The second kappa shape index (κ2) is 2.85. The standard InChI is InChI=1S/C8H7NO3S/c1-4(10)12-7-3-5-2-6(11)9-8(5)13-7/h3H,2H2,1H3,(H,9,11). The molecule has 0 saturated carbocycles. The van der Waals surface area contributed by atoms with Crippen LogP contribution in [0, 0.1) is 0 Å². The molecule has 13 heavy (non-hydrogen) atoms. The van der Waals surface area contributed by atoms with Crippen molar-refractivity contribution < 1.29 is 14.3 Å². The average molecular weight is 197 g/mol. The predicted octanol–water partition coefficient (Wildman–Crippen LogP) is 1.17. The molecule has 68 valence electrons. The van der Waals surface area contributed by atoms with Gasteiger partial charge in [0, 0.05) is 12.5 Å². The first kappa shape index (κ1) is 8.25. The molecule has 0 fully saturated rings. The number of rotatable bonds is 1. The maximum Gasteiger partial charge on any atom is 0.308 e. The van der Waals surface area contributed by atoms with Crippen LogP contribution in [-0.2, 0) is 16.0 Å². The first-order chi connectivity index (χ1) is 6.15. The minimum absolute atomic E-state index is 0.00405. The predicted molar refractivity (Wildman–Crippen MR) is 48.0 cm³/mol. The molecule has 0 atom stereocenters. The molecule has 1 aromatic heterocycles. The Morgan fingerprint density at radius 3 is 3.08 bits per heavy atom. The number of ether oxygens (including phenoxy) is 1. The highest BCUT2D eigenvalue weighted by molar-refractivity contribution is 7.18. The summed E-state index contributed by atoms with van der Waals surface area (Å²) in [6.45, 7) is 1.35. The molecule has 2 heterocycles. The second-order valence-corrected chi connectivity index (χ2v) is 3.75. The van der Waals surface area contributed by atoms with Crippen LogP contribution in [0.25, 0.3) is 0 Å². The Bertz CT molecular complexity index is 357. The Morgan fingerprint density at radius 1 is 1.69 bits per heavy atom. The molecule has 4 nitrogen and oxygen atoms in total. The van der Waals surface area contributed by atoms with E-state index in [1.807, 2.05) is 0 Å². The van der Waals surface area contributed by atoms with Gasteiger partial charge in [-0.25, -0.2) is 0 Å². The fourth-order valence-corrected chi connectivity index (χ4v) is 2.16. The molecule has 1 amide bonds. The number of esters is 1. The molecule has 0 aliphatic carbocycles. The molecule has 1 aromatic rings. The molecule has 0 radical (unpaired) electrons. The van der Waals surface area contributed by atoms with Gasteiger partial charge in [-0.3, -0.25) is 9.59 Å². The highest BCUT2D eigenvalue weighted by Gasteiger charge is 2.21. The van der Waals surface area contributed by atoms with Crippen molar-refractivity contribution in [3.63, 3.8) is 0 Å². The number of carbonyl (C=O) groups is 2. The summed E-state index contributed by atoms with van der Waals surface area (Å²) in [5.41, 5.74) is 0.909. The maximum absolute atomic E-state index is 10.9. The number of hydrogen-bond donors (Lipinski definition) is 1. The molecule has 0 bridgehead atoms. The molecule has 1 N–H and O–H groups in total. The van der Waals surface area contributed by atoms with Gasteiger partial charge in [0.1, 0.15) is 5.00 Å². The van der Waals surface area contributed by atoms with Crippen molar-refractivity contribution >= 4 is 28.2 Å². The highest BCUT2D eigenvalue weighted by atomic mass is 32.1. The Hall–Kier alpha value is -1.36. The summed E-state index contributed by atoms with van der Waals surface area (Å²) in [4.78, 5) is 21.5. The highest BCUT2D eigenvalue weighted by Crippen LogP contribution is 2.37. The third kappa shape index (κ3) is 1.55. The summed E-state index contributed by atoms with van der Waals surface area (Å²) in [5, 5.41) is 4.01. The van der Waals surface area contributed by atoms with Crippen molar-refractivity contribution in [2.75, 3.05) is 5.32 Å². The average Bonchev–Trinajstić information content (AvgIpc) is 2.41. The van der Waals surface area contributed by atoms with Crippen molar-refractivity contribution in [1.29, 1.82) is 0 Å². The van der Waals surface area contributed by atoms with Gasteiger partial charge in [0.05, 0.1) is 6.42 Å². The lowest BCUT2D eigenvalue weighted by molar-refractivity contribution is -0.131. The Balaban J connectivity index is 2.21. The molecule has 1 aliphatic rings. The van der Waals surface area contributed by atoms with Crippen molar-refractivity contribution in [3.8, 4) is 5.06 Å². The van der Waals surface area contributed by atoms with Gasteiger partial charge in [0.25, 0.3) is 0 Å². The zero-order valence-corrected chi connectivity index (χ0v) is 7.73. The van der Waals surface area contributed by atoms with Crippen LogP contribution < -0.4 is 10.1 Å². The van der Waals surface area contributed by atoms with Gasteiger partial charge < -0.3 is 10.1 Å². The van der Waals surface area contributed by atoms with E-state index in [0.29, 0.717) is 11.5 Å². The van der Waals surface area contributed by atoms with Crippen LogP contribution in [0.15, 0.2) is 6.07 Å². The summed E-state index contributed by atoms with van der Waals surface area (Å²) in [7, 11) is 0. The smallest absolute Gasteiger partial charge is 0.308 e. The van der Waals surface area contributed by atoms with Crippen LogP contribution in [0.2, 0.25) is 0 Å². The van der Waals surface area contributed by atoms with Gasteiger partial charge in [-0.05, 0) is 6.07 Å². The van der Waals surface area contributed by atoms with Gasteiger partial charge >= 0.3 is 5.97 Å². The van der Waals surface area contributed by atoms with Crippen LogP contribution in [-0.4, -0.2) is 11.9 Å². The van der Waals surface area contributed by atoms with E-state index >= 15 is 0 Å². The molecule has 1 aliphatic heterocycles. The van der Waals surface area contributed by atoms with Gasteiger partial charge in [0.15, 0.2) is 5.06 Å². The van der Waals surface area contributed by atoms with E-state index < -0.39 is 0 Å². The SMILES string of the molecule is CC(=O)Oc1cc2c(s1)NC(=O)C2. The quantitative estimate of drug-likeness (QED) is 0.687. The number of fused-ring (bicyclic) bond motifs is 1. The van der Waals surface area contributed by atoms with Crippen molar-refractivity contribution in [2.45, 2.75) is 13.3 Å². The number of nitrogens with one attached hydrogen (secondary N) is 1. The normalized spacial score (nSPS) is 13.8. The minimum Gasteiger partial charge on any atom is -0.416 e. The fourth-order valence-electron chi connectivity index (χ4n) is 1.18. The van der Waals surface area contributed by atoms with E-state index in [0.717, 1.165) is 10.6 Å². The first-order valence-electron chi connectivity index (χ1n) is 3.76. The van der Waals surface area contributed by atoms with E-state index in [2.05, 4.69) is 5.32 Å². The topological polar surface area (TPSA) is 55.4 Å². The Kier molecular flexibility index (Phi) is 1.81. The Morgan fingerprint density at radius 2 is 2.46 bits per heavy atom. The molecular weight excluding hydrogens is 190 g/mol. The second-order valence-electron chi connectivity index (χ2n) is 2.74. The fraction of sp³-hybridized carbons (Fsp3) is 0.250. The van der Waals surface area contributed by atoms with E-state index in [1.54, 1.807) is 6.07 Å². The monoisotopic (exact) mass is 197 g/mol. The summed E-state index contributed by atoms with van der Waals surface area (Å²) in [6.07, 6.45) is 0.382. The molecule has 5 heteroatoms. The van der Waals surface area contributed by atoms with Crippen LogP contribution in [0.5, 0.6) is 5.06 Å². The lowest BCUT2D eigenvalue weighted by Gasteiger charge is -1.94. The lowest BCUT2D eigenvalue weighted by atomic mass is 10.3. The number of amides is 1. The molecule has 2 rings (SSSR count). The van der Waals surface area contributed by atoms with Crippen molar-refractivity contribution in [3.05, 3.63) is 11.6 Å². The van der Waals surface area contributed by atoms with Gasteiger partial charge in [-0.2, -0.15) is 0 Å². The van der Waals surface area contributed by atoms with E-state index in [1.165, 1.54) is 18.3 Å². The third-order valence-electron chi connectivity index (χ3n) is 1.63. The third-order valence-corrected chi connectivity index (χ3v) is 2.61. The molecule has 0 saturated heterocycles. The van der Waals surface area contributed by atoms with E-state index in [4.69, 9.17) is 4.74 Å². The summed E-state index contributed by atoms with van der Waals surface area (Å²) in [5.74, 6) is -0.345. The molecular formula is C8H7NO3S.